The fraction of sp³-hybridized carbons (Fsp3) is 0.529. The lowest BCUT2D eigenvalue weighted by Gasteiger charge is -2.14. The predicted molar refractivity (Wildman–Crippen MR) is 109 cm³/mol. The van der Waals surface area contributed by atoms with Crippen molar-refractivity contribution in [2.45, 2.75) is 52.6 Å². The Labute approximate surface area is 159 Å². The number of aryl methyl sites for hydroxylation is 1. The van der Waals surface area contributed by atoms with E-state index in [0.29, 0.717) is 23.7 Å². The quantitative estimate of drug-likeness (QED) is 0.611. The van der Waals surface area contributed by atoms with Gasteiger partial charge in [0.2, 0.25) is 5.95 Å². The van der Waals surface area contributed by atoms with Crippen molar-refractivity contribution in [1.29, 1.82) is 0 Å². The minimum atomic E-state index is 0. The highest BCUT2D eigenvalue weighted by atomic mass is 32.1. The Bertz CT molecular complexity index is 895. The maximum Gasteiger partial charge on any atom is 0.232 e. The minimum absolute atomic E-state index is 0. The molecule has 0 amide bonds. The molecule has 26 heavy (non-hydrogen) atoms. The second-order valence-corrected chi connectivity index (χ2v) is 7.10. The molecule has 3 aromatic rings. The first-order valence-corrected chi connectivity index (χ1v) is 8.82. The summed E-state index contributed by atoms with van der Waals surface area (Å²) < 4.78 is 1.98. The van der Waals surface area contributed by atoms with Crippen LogP contribution in [0.15, 0.2) is 12.4 Å². The summed E-state index contributed by atoms with van der Waals surface area (Å²) >= 11 is 0. The third-order valence-electron chi connectivity index (χ3n) is 4.63. The van der Waals surface area contributed by atoms with Gasteiger partial charge in [-0.2, -0.15) is 28.6 Å². The zero-order valence-electron chi connectivity index (χ0n) is 15.5. The van der Waals surface area contributed by atoms with Crippen LogP contribution < -0.4 is 10.6 Å². The summed E-state index contributed by atoms with van der Waals surface area (Å²) in [5.41, 5.74) is 2.57. The van der Waals surface area contributed by atoms with Gasteiger partial charge in [0.15, 0.2) is 17.3 Å². The van der Waals surface area contributed by atoms with E-state index >= 15 is 0 Å². The number of imidazole rings is 1. The van der Waals surface area contributed by atoms with Crippen molar-refractivity contribution in [3.63, 3.8) is 0 Å². The van der Waals surface area contributed by atoms with Crippen molar-refractivity contribution in [3.05, 3.63) is 18.1 Å². The first-order valence-electron chi connectivity index (χ1n) is 8.82. The Hall–Kier alpha value is -2.29. The Morgan fingerprint density at radius 3 is 2.65 bits per heavy atom. The van der Waals surface area contributed by atoms with Crippen LogP contribution in [0, 0.1) is 12.8 Å². The smallest absolute Gasteiger partial charge is 0.232 e. The van der Waals surface area contributed by atoms with Crippen LogP contribution >= 0.6 is 13.5 Å². The Morgan fingerprint density at radius 1 is 1.23 bits per heavy atom. The van der Waals surface area contributed by atoms with Crippen molar-refractivity contribution in [1.82, 2.24) is 29.7 Å². The summed E-state index contributed by atoms with van der Waals surface area (Å²) in [6.45, 7) is 8.46. The highest BCUT2D eigenvalue weighted by molar-refractivity contribution is 7.59. The molecule has 0 unspecified atom stereocenters. The summed E-state index contributed by atoms with van der Waals surface area (Å²) in [7, 11) is 0. The van der Waals surface area contributed by atoms with Crippen LogP contribution in [-0.2, 0) is 0 Å². The number of H-pyrrole nitrogens is 1. The summed E-state index contributed by atoms with van der Waals surface area (Å²) in [4.78, 5) is 16.6. The van der Waals surface area contributed by atoms with E-state index in [1.165, 1.54) is 12.8 Å². The molecule has 1 saturated carbocycles. The van der Waals surface area contributed by atoms with Gasteiger partial charge in [-0.05, 0) is 46.5 Å². The monoisotopic (exact) mass is 374 g/mol. The van der Waals surface area contributed by atoms with Crippen LogP contribution in [0.25, 0.3) is 11.2 Å². The summed E-state index contributed by atoms with van der Waals surface area (Å²) in [5, 5.41) is 11.3. The molecule has 0 saturated heterocycles. The minimum Gasteiger partial charge on any atom is -0.365 e. The summed E-state index contributed by atoms with van der Waals surface area (Å²) in [6.07, 6.45) is 4.21. The van der Waals surface area contributed by atoms with Crippen LogP contribution in [0.3, 0.4) is 0 Å². The molecule has 0 aromatic carbocycles. The number of aromatic nitrogens is 6. The van der Waals surface area contributed by atoms with E-state index in [2.05, 4.69) is 56.4 Å². The molecule has 3 N–H and O–H groups in total. The molecule has 8 nitrogen and oxygen atoms in total. The van der Waals surface area contributed by atoms with Gasteiger partial charge in [-0.1, -0.05) is 0 Å². The lowest BCUT2D eigenvalue weighted by Crippen LogP contribution is -2.19. The fourth-order valence-corrected chi connectivity index (χ4v) is 3.11. The number of rotatable bonds is 6. The Balaban J connectivity index is 0.00000196. The van der Waals surface area contributed by atoms with Crippen molar-refractivity contribution < 1.29 is 0 Å². The molecule has 3 aromatic heterocycles. The van der Waals surface area contributed by atoms with Gasteiger partial charge in [0.25, 0.3) is 0 Å². The van der Waals surface area contributed by atoms with E-state index < -0.39 is 0 Å². The van der Waals surface area contributed by atoms with E-state index in [4.69, 9.17) is 0 Å². The van der Waals surface area contributed by atoms with Gasteiger partial charge in [0.05, 0.1) is 6.33 Å². The average Bonchev–Trinajstić information content (AvgIpc) is 3.19. The van der Waals surface area contributed by atoms with Crippen LogP contribution in [0.4, 0.5) is 17.6 Å². The third kappa shape index (κ3) is 3.62. The molecule has 0 aliphatic heterocycles. The van der Waals surface area contributed by atoms with Crippen LogP contribution in [0.2, 0.25) is 0 Å². The van der Waals surface area contributed by atoms with Gasteiger partial charge in [0.1, 0.15) is 5.52 Å². The molecule has 3 heterocycles. The van der Waals surface area contributed by atoms with E-state index in [1.807, 2.05) is 17.7 Å². The van der Waals surface area contributed by atoms with Crippen molar-refractivity contribution in [3.8, 4) is 0 Å². The molecule has 0 radical (unpaired) electrons. The SMILES string of the molecule is Cc1cc(Nc2nc(N[C@@H](C)C3CC3)c3[nH]cnc3n2)nn1C(C)C.S. The number of nitrogens with one attached hydrogen (secondary N) is 3. The summed E-state index contributed by atoms with van der Waals surface area (Å²) in [6, 6.07) is 2.69. The molecule has 4 rings (SSSR count). The van der Waals surface area contributed by atoms with Gasteiger partial charge in [-0.25, -0.2) is 4.98 Å². The van der Waals surface area contributed by atoms with Gasteiger partial charge < -0.3 is 15.6 Å². The lowest BCUT2D eigenvalue weighted by atomic mass is 10.2. The summed E-state index contributed by atoms with van der Waals surface area (Å²) in [5.74, 6) is 2.75. The average molecular weight is 375 g/mol. The number of anilines is 3. The van der Waals surface area contributed by atoms with Crippen LogP contribution in [-0.4, -0.2) is 35.8 Å². The van der Waals surface area contributed by atoms with Crippen molar-refractivity contribution in [2.75, 3.05) is 10.6 Å². The molecular weight excluding hydrogens is 348 g/mol. The molecule has 0 spiro atoms. The first-order chi connectivity index (χ1) is 12.0. The zero-order valence-corrected chi connectivity index (χ0v) is 16.5. The largest absolute Gasteiger partial charge is 0.365 e. The first kappa shape index (κ1) is 18.5. The van der Waals surface area contributed by atoms with E-state index in [0.717, 1.165) is 28.8 Å². The highest BCUT2D eigenvalue weighted by Crippen LogP contribution is 2.34. The highest BCUT2D eigenvalue weighted by Gasteiger charge is 2.28. The lowest BCUT2D eigenvalue weighted by molar-refractivity contribution is 0.521. The Kier molecular flexibility index (Phi) is 5.08. The molecule has 1 aliphatic carbocycles. The standard InChI is InChI=1S/C17H24N8.H2S/c1-9(2)25-10(3)7-13(24-25)21-17-22-15-14(18-8-19-15)16(23-17)20-11(4)12-5-6-12;/h7-9,11-12H,5-6H2,1-4H3,(H3,18,19,20,21,22,23,24);1H2/t11-;/m0./s1. The molecule has 1 atom stereocenters. The third-order valence-corrected chi connectivity index (χ3v) is 4.63. The second kappa shape index (κ2) is 7.14. The Morgan fingerprint density at radius 2 is 2.00 bits per heavy atom. The van der Waals surface area contributed by atoms with E-state index in [-0.39, 0.29) is 13.5 Å². The van der Waals surface area contributed by atoms with Gasteiger partial charge in [0, 0.05) is 23.8 Å². The number of hydrogen-bond acceptors (Lipinski definition) is 6. The van der Waals surface area contributed by atoms with Gasteiger partial charge >= 0.3 is 0 Å². The maximum atomic E-state index is 4.65. The predicted octanol–water partition coefficient (Wildman–Crippen LogP) is 3.51. The fourth-order valence-electron chi connectivity index (χ4n) is 3.11. The maximum absolute atomic E-state index is 4.65. The molecule has 140 valence electrons. The topological polar surface area (TPSA) is 96.3 Å². The van der Waals surface area contributed by atoms with Crippen molar-refractivity contribution >= 4 is 42.2 Å². The van der Waals surface area contributed by atoms with Gasteiger partial charge in [-0.15, -0.1) is 0 Å². The zero-order chi connectivity index (χ0) is 17.6. The van der Waals surface area contributed by atoms with Gasteiger partial charge in [-0.3, -0.25) is 4.68 Å². The molecule has 1 aliphatic rings. The number of hydrogen-bond donors (Lipinski definition) is 3. The normalized spacial score (nSPS) is 15.1. The molecule has 0 bridgehead atoms. The van der Waals surface area contributed by atoms with E-state index in [1.54, 1.807) is 6.33 Å². The number of aromatic amines is 1. The number of fused-ring (bicyclic) bond motifs is 1. The van der Waals surface area contributed by atoms with E-state index in [9.17, 15) is 0 Å². The molecule has 1 fully saturated rings. The van der Waals surface area contributed by atoms with Crippen molar-refractivity contribution in [2.24, 2.45) is 5.92 Å². The molecular formula is C17H26N8S. The van der Waals surface area contributed by atoms with Crippen LogP contribution in [0.1, 0.15) is 45.3 Å². The molecule has 9 heteroatoms. The second-order valence-electron chi connectivity index (χ2n) is 7.10. The van der Waals surface area contributed by atoms with Crippen LogP contribution in [0.5, 0.6) is 0 Å². The number of nitrogens with zero attached hydrogens (tertiary/aromatic N) is 5.